The van der Waals surface area contributed by atoms with Crippen LogP contribution in [0.5, 0.6) is 0 Å². The van der Waals surface area contributed by atoms with Crippen LogP contribution < -0.4 is 10.2 Å². The predicted octanol–water partition coefficient (Wildman–Crippen LogP) is 2.88. The van der Waals surface area contributed by atoms with E-state index in [4.69, 9.17) is 4.74 Å². The fraction of sp³-hybridized carbons (Fsp3) is 0.588. The highest BCUT2D eigenvalue weighted by molar-refractivity contribution is 7.99. The number of morpholine rings is 1. The van der Waals surface area contributed by atoms with Crippen LogP contribution in [0.4, 0.5) is 16.2 Å². The molecule has 5 nitrogen and oxygen atoms in total. The van der Waals surface area contributed by atoms with E-state index in [0.717, 1.165) is 49.1 Å². The summed E-state index contributed by atoms with van der Waals surface area (Å²) < 4.78 is 5.81. The first-order valence-electron chi connectivity index (χ1n) is 8.26. The number of nitrogens with zero attached hydrogens (tertiary/aromatic N) is 2. The lowest BCUT2D eigenvalue weighted by Crippen LogP contribution is -2.46. The Hall–Kier alpha value is -1.40. The van der Waals surface area contributed by atoms with Gasteiger partial charge in [0.05, 0.1) is 23.6 Å². The second kappa shape index (κ2) is 7.45. The van der Waals surface area contributed by atoms with Crippen LogP contribution in [0.3, 0.4) is 0 Å². The standard InChI is InChI=1S/C17H25N3O2S/c1-13-11-20(12-14(2)22-13)16-6-4-3-5-15(16)18-17(21)19-7-9-23-10-8-19/h3-6,13-14H,7-12H2,1-2H3,(H,18,21). The molecule has 0 aromatic heterocycles. The van der Waals surface area contributed by atoms with E-state index in [1.165, 1.54) is 0 Å². The highest BCUT2D eigenvalue weighted by Gasteiger charge is 2.25. The third-order valence-corrected chi connectivity index (χ3v) is 5.15. The summed E-state index contributed by atoms with van der Waals surface area (Å²) in [5, 5.41) is 3.10. The van der Waals surface area contributed by atoms with Gasteiger partial charge < -0.3 is 19.9 Å². The number of hydrogen-bond donors (Lipinski definition) is 1. The monoisotopic (exact) mass is 335 g/mol. The molecule has 2 unspecified atom stereocenters. The topological polar surface area (TPSA) is 44.8 Å². The van der Waals surface area contributed by atoms with Crippen LogP contribution in [0.1, 0.15) is 13.8 Å². The lowest BCUT2D eigenvalue weighted by Gasteiger charge is -2.38. The van der Waals surface area contributed by atoms with Gasteiger partial charge in [-0.05, 0) is 26.0 Å². The van der Waals surface area contributed by atoms with Crippen LogP contribution in [0, 0.1) is 0 Å². The van der Waals surface area contributed by atoms with Crippen molar-refractivity contribution in [1.82, 2.24) is 4.90 Å². The molecule has 2 atom stereocenters. The molecule has 126 valence electrons. The zero-order chi connectivity index (χ0) is 16.2. The number of carbonyl (C=O) groups excluding carboxylic acids is 1. The molecule has 2 saturated heterocycles. The van der Waals surface area contributed by atoms with Crippen molar-refractivity contribution in [3.63, 3.8) is 0 Å². The van der Waals surface area contributed by atoms with Crippen LogP contribution in [0.25, 0.3) is 0 Å². The van der Waals surface area contributed by atoms with Crippen molar-refractivity contribution in [1.29, 1.82) is 0 Å². The molecule has 2 aliphatic heterocycles. The fourth-order valence-corrected chi connectivity index (χ4v) is 4.09. The molecule has 2 heterocycles. The van der Waals surface area contributed by atoms with Gasteiger partial charge in [0.1, 0.15) is 0 Å². The first kappa shape index (κ1) is 16.5. The number of carbonyl (C=O) groups is 1. The Morgan fingerprint density at radius 1 is 1.17 bits per heavy atom. The number of urea groups is 1. The molecule has 2 aliphatic rings. The van der Waals surface area contributed by atoms with Crippen LogP contribution in [-0.2, 0) is 4.74 Å². The maximum absolute atomic E-state index is 12.5. The molecule has 0 aliphatic carbocycles. The van der Waals surface area contributed by atoms with Gasteiger partial charge in [0, 0.05) is 37.7 Å². The minimum absolute atomic E-state index is 0.00658. The van der Waals surface area contributed by atoms with E-state index in [9.17, 15) is 4.79 Å². The van der Waals surface area contributed by atoms with E-state index in [1.807, 2.05) is 34.9 Å². The number of ether oxygens (including phenoxy) is 1. The largest absolute Gasteiger partial charge is 0.372 e. The Labute approximate surface area is 142 Å². The molecule has 0 spiro atoms. The fourth-order valence-electron chi connectivity index (χ4n) is 3.19. The molecule has 6 heteroatoms. The van der Waals surface area contributed by atoms with Crippen LogP contribution in [0.15, 0.2) is 24.3 Å². The van der Waals surface area contributed by atoms with Gasteiger partial charge in [0.25, 0.3) is 0 Å². The van der Waals surface area contributed by atoms with E-state index < -0.39 is 0 Å². The van der Waals surface area contributed by atoms with Gasteiger partial charge in [0.2, 0.25) is 0 Å². The molecule has 1 aromatic carbocycles. The van der Waals surface area contributed by atoms with Gasteiger partial charge in [-0.2, -0.15) is 11.8 Å². The Morgan fingerprint density at radius 3 is 2.52 bits per heavy atom. The summed E-state index contributed by atoms with van der Waals surface area (Å²) in [6.45, 7) is 7.52. The van der Waals surface area contributed by atoms with E-state index in [0.29, 0.717) is 0 Å². The number of benzene rings is 1. The zero-order valence-corrected chi connectivity index (χ0v) is 14.6. The first-order chi connectivity index (χ1) is 11.1. The molecule has 0 saturated carbocycles. The Bertz CT molecular complexity index is 538. The van der Waals surface area contributed by atoms with Crippen LogP contribution in [0.2, 0.25) is 0 Å². The van der Waals surface area contributed by atoms with Gasteiger partial charge in [-0.1, -0.05) is 12.1 Å². The normalized spacial score (nSPS) is 25.3. The van der Waals surface area contributed by atoms with Crippen molar-refractivity contribution >= 4 is 29.2 Å². The minimum Gasteiger partial charge on any atom is -0.372 e. The molecule has 2 fully saturated rings. The maximum Gasteiger partial charge on any atom is 0.321 e. The highest BCUT2D eigenvalue weighted by Crippen LogP contribution is 2.29. The Morgan fingerprint density at radius 2 is 1.83 bits per heavy atom. The summed E-state index contributed by atoms with van der Waals surface area (Å²) in [5.74, 6) is 2.04. The molecule has 0 bridgehead atoms. The van der Waals surface area contributed by atoms with Gasteiger partial charge in [-0.15, -0.1) is 0 Å². The number of amides is 2. The SMILES string of the molecule is CC1CN(c2ccccc2NC(=O)N2CCSCC2)CC(C)O1. The smallest absolute Gasteiger partial charge is 0.321 e. The van der Waals surface area contributed by atoms with Crippen molar-refractivity contribution in [2.24, 2.45) is 0 Å². The van der Waals surface area contributed by atoms with Crippen molar-refractivity contribution in [2.45, 2.75) is 26.1 Å². The highest BCUT2D eigenvalue weighted by atomic mass is 32.2. The molecule has 1 aromatic rings. The minimum atomic E-state index is 0.00658. The average molecular weight is 335 g/mol. The lowest BCUT2D eigenvalue weighted by atomic mass is 10.1. The van der Waals surface area contributed by atoms with Gasteiger partial charge in [-0.25, -0.2) is 4.79 Å². The molecule has 1 N–H and O–H groups in total. The second-order valence-electron chi connectivity index (χ2n) is 6.21. The molecule has 23 heavy (non-hydrogen) atoms. The lowest BCUT2D eigenvalue weighted by molar-refractivity contribution is -0.00517. The number of hydrogen-bond acceptors (Lipinski definition) is 4. The number of thioether (sulfide) groups is 1. The summed E-state index contributed by atoms with van der Waals surface area (Å²) in [6.07, 6.45) is 0.392. The summed E-state index contributed by atoms with van der Waals surface area (Å²) in [6, 6.07) is 8.06. The van der Waals surface area contributed by atoms with E-state index >= 15 is 0 Å². The quantitative estimate of drug-likeness (QED) is 0.903. The second-order valence-corrected chi connectivity index (χ2v) is 7.43. The number of anilines is 2. The average Bonchev–Trinajstić information content (AvgIpc) is 2.55. The number of rotatable bonds is 2. The number of nitrogens with one attached hydrogen (secondary N) is 1. The van der Waals surface area contributed by atoms with Crippen LogP contribution in [-0.4, -0.2) is 60.8 Å². The summed E-state index contributed by atoms with van der Waals surface area (Å²) >= 11 is 1.90. The molecular weight excluding hydrogens is 310 g/mol. The Kier molecular flexibility index (Phi) is 5.33. The van der Waals surface area contributed by atoms with E-state index in [-0.39, 0.29) is 18.2 Å². The molecular formula is C17H25N3O2S. The summed E-state index contributed by atoms with van der Waals surface area (Å²) in [4.78, 5) is 16.7. The summed E-state index contributed by atoms with van der Waals surface area (Å²) in [7, 11) is 0. The van der Waals surface area contributed by atoms with E-state index in [2.05, 4.69) is 30.1 Å². The zero-order valence-electron chi connectivity index (χ0n) is 13.8. The van der Waals surface area contributed by atoms with Gasteiger partial charge in [-0.3, -0.25) is 0 Å². The van der Waals surface area contributed by atoms with Crippen molar-refractivity contribution < 1.29 is 9.53 Å². The Balaban J connectivity index is 1.73. The molecule has 3 rings (SSSR count). The van der Waals surface area contributed by atoms with Crippen LogP contribution >= 0.6 is 11.8 Å². The molecule has 0 radical (unpaired) electrons. The molecule has 2 amide bonds. The third kappa shape index (κ3) is 4.12. The van der Waals surface area contributed by atoms with E-state index in [1.54, 1.807) is 0 Å². The van der Waals surface area contributed by atoms with Crippen molar-refractivity contribution in [3.8, 4) is 0 Å². The van der Waals surface area contributed by atoms with Gasteiger partial charge in [0.15, 0.2) is 0 Å². The summed E-state index contributed by atoms with van der Waals surface area (Å²) in [5.41, 5.74) is 1.96. The third-order valence-electron chi connectivity index (χ3n) is 4.20. The number of para-hydroxylation sites is 2. The van der Waals surface area contributed by atoms with Crippen molar-refractivity contribution in [2.75, 3.05) is 47.9 Å². The van der Waals surface area contributed by atoms with Gasteiger partial charge >= 0.3 is 6.03 Å². The predicted molar refractivity (Wildman–Crippen MR) is 96.6 cm³/mol. The first-order valence-corrected chi connectivity index (χ1v) is 9.42. The van der Waals surface area contributed by atoms with Crippen molar-refractivity contribution in [3.05, 3.63) is 24.3 Å². The maximum atomic E-state index is 12.5.